The van der Waals surface area contributed by atoms with Gasteiger partial charge in [-0.25, -0.2) is 4.79 Å². The monoisotopic (exact) mass is 341 g/mol. The fraction of sp³-hybridized carbons (Fsp3) is 0.600. The van der Waals surface area contributed by atoms with E-state index >= 15 is 0 Å². The molecule has 0 unspecified atom stereocenters. The van der Waals surface area contributed by atoms with Crippen LogP contribution in [0.1, 0.15) is 49.7 Å². The van der Waals surface area contributed by atoms with Crippen LogP contribution >= 0.6 is 0 Å². The van der Waals surface area contributed by atoms with E-state index in [0.717, 1.165) is 45.1 Å². The summed E-state index contributed by atoms with van der Waals surface area (Å²) in [6, 6.07) is 8.23. The summed E-state index contributed by atoms with van der Waals surface area (Å²) in [4.78, 5) is 26.4. The molecular formula is C20H27N3O2. The van der Waals surface area contributed by atoms with Crippen LogP contribution in [0.4, 0.5) is 4.79 Å². The third-order valence-electron chi connectivity index (χ3n) is 6.42. The predicted octanol–water partition coefficient (Wildman–Crippen LogP) is 2.33. The van der Waals surface area contributed by atoms with E-state index in [1.165, 1.54) is 17.5 Å². The van der Waals surface area contributed by atoms with Crippen LogP contribution in [0, 0.1) is 5.92 Å². The zero-order valence-electron chi connectivity index (χ0n) is 14.7. The second-order valence-electron chi connectivity index (χ2n) is 7.85. The number of amides is 3. The van der Waals surface area contributed by atoms with Gasteiger partial charge in [0, 0.05) is 30.5 Å². The molecule has 5 heteroatoms. The van der Waals surface area contributed by atoms with Crippen LogP contribution in [0.25, 0.3) is 0 Å². The Balaban J connectivity index is 1.51. The lowest BCUT2D eigenvalue weighted by molar-refractivity contribution is -0.136. The number of likely N-dealkylation sites (tertiary alicyclic amines) is 1. The maximum atomic E-state index is 13.3. The number of urea groups is 1. The Bertz CT molecular complexity index is 689. The van der Waals surface area contributed by atoms with Crippen molar-refractivity contribution >= 4 is 11.9 Å². The molecule has 1 aliphatic heterocycles. The number of primary amides is 1. The molecule has 1 spiro atoms. The lowest BCUT2D eigenvalue weighted by Crippen LogP contribution is -2.51. The van der Waals surface area contributed by atoms with Crippen molar-refractivity contribution in [2.45, 2.75) is 56.4 Å². The highest BCUT2D eigenvalue weighted by Gasteiger charge is 2.61. The third-order valence-corrected chi connectivity index (χ3v) is 6.42. The lowest BCUT2D eigenvalue weighted by Gasteiger charge is -2.37. The lowest BCUT2D eigenvalue weighted by atomic mass is 9.78. The molecule has 1 heterocycles. The summed E-state index contributed by atoms with van der Waals surface area (Å²) in [5, 5.41) is 2.69. The van der Waals surface area contributed by atoms with Crippen LogP contribution in [0.3, 0.4) is 0 Å². The molecule has 3 aliphatic rings. The van der Waals surface area contributed by atoms with Gasteiger partial charge in [0.2, 0.25) is 5.91 Å². The molecule has 0 bridgehead atoms. The Kier molecular flexibility index (Phi) is 4.18. The van der Waals surface area contributed by atoms with Gasteiger partial charge in [0.25, 0.3) is 0 Å². The molecule has 1 aromatic rings. The summed E-state index contributed by atoms with van der Waals surface area (Å²) in [5.41, 5.74) is 8.12. The highest BCUT2D eigenvalue weighted by atomic mass is 16.2. The average molecular weight is 341 g/mol. The fourth-order valence-electron chi connectivity index (χ4n) is 5.08. The van der Waals surface area contributed by atoms with Gasteiger partial charge in [-0.2, -0.15) is 0 Å². The number of nitrogens with zero attached hydrogens (tertiary/aromatic N) is 1. The normalized spacial score (nSPS) is 30.6. The standard InChI is InChI=1S/C20H27N3O2/c21-19(25)22-13-15-8-3-4-11-23(15)18(24)17-12-20(17)10-5-7-14-6-1-2-9-16(14)20/h1-2,6,9,15,17H,3-5,7-8,10-13H2,(H3,21,22,25)/t15-,17-,20-/m0/s1. The summed E-state index contributed by atoms with van der Waals surface area (Å²) >= 11 is 0. The molecule has 1 saturated heterocycles. The molecule has 25 heavy (non-hydrogen) atoms. The summed E-state index contributed by atoms with van der Waals surface area (Å²) in [6.07, 6.45) is 7.51. The Morgan fingerprint density at radius 3 is 2.92 bits per heavy atom. The first-order valence-corrected chi connectivity index (χ1v) is 9.54. The van der Waals surface area contributed by atoms with Gasteiger partial charge >= 0.3 is 6.03 Å². The van der Waals surface area contributed by atoms with E-state index in [1.54, 1.807) is 0 Å². The van der Waals surface area contributed by atoms with Crippen LogP contribution in [0.5, 0.6) is 0 Å². The highest BCUT2D eigenvalue weighted by molar-refractivity contribution is 5.85. The Morgan fingerprint density at radius 1 is 1.24 bits per heavy atom. The molecule has 1 saturated carbocycles. The first-order chi connectivity index (χ1) is 12.1. The number of benzene rings is 1. The molecule has 3 amide bonds. The molecular weight excluding hydrogens is 314 g/mol. The van der Waals surface area contributed by atoms with E-state index in [9.17, 15) is 9.59 Å². The van der Waals surface area contributed by atoms with Crippen molar-refractivity contribution in [3.05, 3.63) is 35.4 Å². The highest BCUT2D eigenvalue weighted by Crippen LogP contribution is 2.61. The Morgan fingerprint density at radius 2 is 2.08 bits per heavy atom. The number of carbonyl (C=O) groups is 2. The van der Waals surface area contributed by atoms with Gasteiger partial charge in [-0.15, -0.1) is 0 Å². The van der Waals surface area contributed by atoms with Gasteiger partial charge in [-0.05, 0) is 56.1 Å². The maximum Gasteiger partial charge on any atom is 0.312 e. The second-order valence-corrected chi connectivity index (χ2v) is 7.85. The van der Waals surface area contributed by atoms with E-state index in [1.807, 2.05) is 4.90 Å². The summed E-state index contributed by atoms with van der Waals surface area (Å²) in [7, 11) is 0. The van der Waals surface area contributed by atoms with Crippen molar-refractivity contribution in [1.82, 2.24) is 10.2 Å². The molecule has 3 atom stereocenters. The minimum Gasteiger partial charge on any atom is -0.352 e. The van der Waals surface area contributed by atoms with Crippen LogP contribution < -0.4 is 11.1 Å². The number of fused-ring (bicyclic) bond motifs is 2. The van der Waals surface area contributed by atoms with Crippen LogP contribution in [-0.4, -0.2) is 36.0 Å². The van der Waals surface area contributed by atoms with E-state index in [-0.39, 0.29) is 23.3 Å². The fourth-order valence-corrected chi connectivity index (χ4v) is 5.08. The van der Waals surface area contributed by atoms with Crippen LogP contribution in [-0.2, 0) is 16.6 Å². The number of carbonyl (C=O) groups excluding carboxylic acids is 2. The van der Waals surface area contributed by atoms with Crippen molar-refractivity contribution < 1.29 is 9.59 Å². The van der Waals surface area contributed by atoms with E-state index in [0.29, 0.717) is 6.54 Å². The van der Waals surface area contributed by atoms with Crippen LogP contribution in [0.2, 0.25) is 0 Å². The molecule has 134 valence electrons. The zero-order chi connectivity index (χ0) is 17.4. The number of piperidine rings is 1. The third kappa shape index (κ3) is 2.90. The van der Waals surface area contributed by atoms with Gasteiger partial charge in [-0.1, -0.05) is 24.3 Å². The van der Waals surface area contributed by atoms with Crippen molar-refractivity contribution in [3.8, 4) is 0 Å². The smallest absolute Gasteiger partial charge is 0.312 e. The van der Waals surface area contributed by atoms with Gasteiger partial charge < -0.3 is 16.0 Å². The largest absolute Gasteiger partial charge is 0.352 e. The molecule has 1 aromatic carbocycles. The zero-order valence-corrected chi connectivity index (χ0v) is 14.7. The molecule has 2 aliphatic carbocycles. The second kappa shape index (κ2) is 6.36. The molecule has 5 nitrogen and oxygen atoms in total. The first kappa shape index (κ1) is 16.4. The van der Waals surface area contributed by atoms with E-state index in [4.69, 9.17) is 5.73 Å². The van der Waals surface area contributed by atoms with Crippen molar-refractivity contribution in [2.24, 2.45) is 11.7 Å². The Labute approximate surface area is 148 Å². The molecule has 0 radical (unpaired) electrons. The number of nitrogens with one attached hydrogen (secondary N) is 1. The van der Waals surface area contributed by atoms with E-state index < -0.39 is 6.03 Å². The maximum absolute atomic E-state index is 13.3. The van der Waals surface area contributed by atoms with Crippen molar-refractivity contribution in [3.63, 3.8) is 0 Å². The summed E-state index contributed by atoms with van der Waals surface area (Å²) in [6.45, 7) is 1.27. The molecule has 3 N–H and O–H groups in total. The minimum atomic E-state index is -0.512. The number of rotatable bonds is 3. The minimum absolute atomic E-state index is 0.0744. The quantitative estimate of drug-likeness (QED) is 0.885. The van der Waals surface area contributed by atoms with Gasteiger partial charge in [0.1, 0.15) is 0 Å². The molecule has 2 fully saturated rings. The predicted molar refractivity (Wildman–Crippen MR) is 96.1 cm³/mol. The topological polar surface area (TPSA) is 75.4 Å². The number of nitrogens with two attached hydrogens (primary N) is 1. The SMILES string of the molecule is NC(=O)NC[C@@H]1CCCCN1C(=O)[C@@H]1C[C@]12CCCc1ccccc12. The molecule has 0 aromatic heterocycles. The summed E-state index contributed by atoms with van der Waals surface area (Å²) < 4.78 is 0. The molecule has 4 rings (SSSR count). The van der Waals surface area contributed by atoms with Gasteiger partial charge in [-0.3, -0.25) is 4.79 Å². The first-order valence-electron chi connectivity index (χ1n) is 9.54. The van der Waals surface area contributed by atoms with Crippen molar-refractivity contribution in [1.29, 1.82) is 0 Å². The van der Waals surface area contributed by atoms with Gasteiger partial charge in [0.05, 0.1) is 0 Å². The van der Waals surface area contributed by atoms with Gasteiger partial charge in [0.15, 0.2) is 0 Å². The number of hydrogen-bond acceptors (Lipinski definition) is 2. The number of hydrogen-bond donors (Lipinski definition) is 2. The Hall–Kier alpha value is -2.04. The average Bonchev–Trinajstić information content (AvgIpc) is 3.34. The number of aryl methyl sites for hydroxylation is 1. The summed E-state index contributed by atoms with van der Waals surface area (Å²) in [5.74, 6) is 0.399. The van der Waals surface area contributed by atoms with Crippen LogP contribution in [0.15, 0.2) is 24.3 Å². The van der Waals surface area contributed by atoms with E-state index in [2.05, 4.69) is 29.6 Å². The van der Waals surface area contributed by atoms with Crippen molar-refractivity contribution in [2.75, 3.05) is 13.1 Å².